The lowest BCUT2D eigenvalue weighted by Crippen LogP contribution is -2.31. The Balaban J connectivity index is 2.02. The van der Waals surface area contributed by atoms with Gasteiger partial charge in [-0.25, -0.2) is 0 Å². The van der Waals surface area contributed by atoms with Crippen LogP contribution in [0.1, 0.15) is 18.1 Å². The van der Waals surface area contributed by atoms with Crippen molar-refractivity contribution in [2.24, 2.45) is 5.10 Å². The molecule has 0 aliphatic carbocycles. The first-order valence-electron chi connectivity index (χ1n) is 7.82. The second-order valence-electron chi connectivity index (χ2n) is 5.26. The maximum absolute atomic E-state index is 10.7. The van der Waals surface area contributed by atoms with Gasteiger partial charge in [0.25, 0.3) is 5.69 Å². The Labute approximate surface area is 175 Å². The number of hydrogen-bond acceptors (Lipinski definition) is 5. The van der Waals surface area contributed by atoms with Crippen molar-refractivity contribution in [3.8, 4) is 5.75 Å². The van der Waals surface area contributed by atoms with Gasteiger partial charge in [0.1, 0.15) is 6.61 Å². The van der Waals surface area contributed by atoms with E-state index in [1.807, 2.05) is 6.92 Å². The summed E-state index contributed by atoms with van der Waals surface area (Å²) in [6.45, 7) is 2.87. The number of benzene rings is 2. The molecule has 0 saturated carbocycles. The highest BCUT2D eigenvalue weighted by Crippen LogP contribution is 2.34. The van der Waals surface area contributed by atoms with Crippen molar-refractivity contribution in [1.82, 2.24) is 10.7 Å². The van der Waals surface area contributed by atoms with E-state index in [0.29, 0.717) is 26.9 Å². The van der Waals surface area contributed by atoms with E-state index >= 15 is 0 Å². The average molecular weight is 472 g/mol. The van der Waals surface area contributed by atoms with Crippen LogP contribution in [0.15, 0.2) is 46.0 Å². The molecule has 0 aliphatic rings. The van der Waals surface area contributed by atoms with E-state index in [0.717, 1.165) is 11.1 Å². The Morgan fingerprint density at radius 3 is 2.70 bits per heavy atom. The molecule has 10 heteroatoms. The first-order chi connectivity index (χ1) is 12.9. The maximum Gasteiger partial charge on any atom is 0.269 e. The Bertz CT molecular complexity index is 839. The summed E-state index contributed by atoms with van der Waals surface area (Å²) >= 11 is 14.7. The second-order valence-corrected chi connectivity index (χ2v) is 6.93. The molecule has 0 radical (unpaired) electrons. The van der Waals surface area contributed by atoms with Crippen LogP contribution in [0.3, 0.4) is 0 Å². The molecule has 0 spiro atoms. The molecule has 2 aromatic rings. The van der Waals surface area contributed by atoms with Crippen LogP contribution in [-0.4, -0.2) is 22.8 Å². The molecule has 0 aliphatic heterocycles. The molecule has 2 rings (SSSR count). The van der Waals surface area contributed by atoms with Crippen LogP contribution in [0.5, 0.6) is 5.75 Å². The van der Waals surface area contributed by atoms with Gasteiger partial charge >= 0.3 is 0 Å². The highest BCUT2D eigenvalue weighted by molar-refractivity contribution is 9.10. The third kappa shape index (κ3) is 6.46. The quantitative estimate of drug-likeness (QED) is 0.269. The molecule has 27 heavy (non-hydrogen) atoms. The van der Waals surface area contributed by atoms with E-state index in [9.17, 15) is 10.1 Å². The first kappa shape index (κ1) is 21.1. The molecule has 142 valence electrons. The van der Waals surface area contributed by atoms with Crippen LogP contribution >= 0.6 is 39.7 Å². The molecule has 2 N–H and O–H groups in total. The topological polar surface area (TPSA) is 88.8 Å². The number of nitro benzene ring substituents is 1. The third-order valence-electron chi connectivity index (χ3n) is 3.27. The predicted molar refractivity (Wildman–Crippen MR) is 114 cm³/mol. The van der Waals surface area contributed by atoms with Gasteiger partial charge in [-0.05, 0) is 70.5 Å². The highest BCUT2D eigenvalue weighted by atomic mass is 79.9. The fourth-order valence-corrected chi connectivity index (χ4v) is 3.21. The van der Waals surface area contributed by atoms with E-state index in [1.165, 1.54) is 12.1 Å². The zero-order valence-corrected chi connectivity index (χ0v) is 17.4. The molecule has 0 unspecified atom stereocenters. The number of nitrogens with one attached hydrogen (secondary N) is 2. The summed E-state index contributed by atoms with van der Waals surface area (Å²) in [5.41, 5.74) is 4.27. The number of hydrogen-bond donors (Lipinski definition) is 2. The Kier molecular flexibility index (Phi) is 7.96. The number of nitro groups is 1. The third-order valence-corrected chi connectivity index (χ3v) is 4.37. The summed E-state index contributed by atoms with van der Waals surface area (Å²) in [5.74, 6) is 0.475. The standard InChI is InChI=1S/C17H16BrClN4O3S/c1-2-20-17(27)22-21-9-12-7-14(18)16(15(19)8-12)26-10-11-3-5-13(6-4-11)23(24)25/h3-9H,2,10H2,1H3,(H2,20,22,27). The molecular formula is C17H16BrClN4O3S. The summed E-state index contributed by atoms with van der Waals surface area (Å²) in [6, 6.07) is 9.65. The van der Waals surface area contributed by atoms with Gasteiger partial charge in [-0.2, -0.15) is 5.10 Å². The largest absolute Gasteiger partial charge is 0.486 e. The maximum atomic E-state index is 10.7. The molecule has 0 amide bonds. The lowest BCUT2D eigenvalue weighted by molar-refractivity contribution is -0.384. The van der Waals surface area contributed by atoms with Gasteiger partial charge in [0.15, 0.2) is 10.9 Å². The molecule has 0 saturated heterocycles. The van der Waals surface area contributed by atoms with Crippen LogP contribution in [-0.2, 0) is 6.61 Å². The fourth-order valence-electron chi connectivity index (χ4n) is 2.03. The summed E-state index contributed by atoms with van der Waals surface area (Å²) in [6.07, 6.45) is 1.58. The fraction of sp³-hybridized carbons (Fsp3) is 0.176. The lowest BCUT2D eigenvalue weighted by atomic mass is 10.2. The number of hydrazone groups is 1. The van der Waals surface area contributed by atoms with Gasteiger partial charge in [-0.1, -0.05) is 11.6 Å². The van der Waals surface area contributed by atoms with Crippen LogP contribution in [0.25, 0.3) is 0 Å². The van der Waals surface area contributed by atoms with Crippen molar-refractivity contribution in [3.05, 3.63) is 67.1 Å². The van der Waals surface area contributed by atoms with Crippen molar-refractivity contribution >= 4 is 56.8 Å². The zero-order chi connectivity index (χ0) is 19.8. The molecular weight excluding hydrogens is 456 g/mol. The van der Waals surface area contributed by atoms with E-state index in [2.05, 4.69) is 31.8 Å². The van der Waals surface area contributed by atoms with Gasteiger partial charge in [0.05, 0.1) is 20.6 Å². The summed E-state index contributed by atoms with van der Waals surface area (Å²) in [4.78, 5) is 10.2. The SMILES string of the molecule is CCNC(=S)NN=Cc1cc(Cl)c(OCc2ccc([N+](=O)[O-])cc2)c(Br)c1. The predicted octanol–water partition coefficient (Wildman–Crippen LogP) is 4.41. The number of halogens is 2. The Morgan fingerprint density at radius 2 is 2.11 bits per heavy atom. The molecule has 0 bridgehead atoms. The van der Waals surface area contributed by atoms with Gasteiger partial charge in [-0.3, -0.25) is 15.5 Å². The highest BCUT2D eigenvalue weighted by Gasteiger charge is 2.10. The number of rotatable bonds is 7. The lowest BCUT2D eigenvalue weighted by Gasteiger charge is -2.11. The monoisotopic (exact) mass is 470 g/mol. The van der Waals surface area contributed by atoms with Crippen LogP contribution < -0.4 is 15.5 Å². The minimum Gasteiger partial charge on any atom is -0.486 e. The van der Waals surface area contributed by atoms with Gasteiger partial charge in [-0.15, -0.1) is 0 Å². The van der Waals surface area contributed by atoms with Crippen LogP contribution in [0, 0.1) is 10.1 Å². The van der Waals surface area contributed by atoms with Gasteiger partial charge in [0, 0.05) is 18.7 Å². The van der Waals surface area contributed by atoms with Crippen molar-refractivity contribution in [1.29, 1.82) is 0 Å². The molecule has 0 heterocycles. The van der Waals surface area contributed by atoms with Crippen molar-refractivity contribution in [3.63, 3.8) is 0 Å². The zero-order valence-electron chi connectivity index (χ0n) is 14.2. The normalized spacial score (nSPS) is 10.6. The van der Waals surface area contributed by atoms with Crippen molar-refractivity contribution < 1.29 is 9.66 Å². The van der Waals surface area contributed by atoms with E-state index in [-0.39, 0.29) is 12.3 Å². The number of non-ortho nitro benzene ring substituents is 1. The van der Waals surface area contributed by atoms with E-state index < -0.39 is 4.92 Å². The molecule has 0 atom stereocenters. The minimum atomic E-state index is -0.446. The summed E-state index contributed by atoms with van der Waals surface area (Å²) in [5, 5.41) is 18.5. The van der Waals surface area contributed by atoms with Crippen LogP contribution in [0.4, 0.5) is 5.69 Å². The van der Waals surface area contributed by atoms with Gasteiger partial charge in [0.2, 0.25) is 0 Å². The van der Waals surface area contributed by atoms with E-state index in [4.69, 9.17) is 28.6 Å². The van der Waals surface area contributed by atoms with E-state index in [1.54, 1.807) is 30.5 Å². The second kappa shape index (κ2) is 10.2. The van der Waals surface area contributed by atoms with Gasteiger partial charge < -0.3 is 10.1 Å². The molecule has 7 nitrogen and oxygen atoms in total. The Morgan fingerprint density at radius 1 is 1.41 bits per heavy atom. The summed E-state index contributed by atoms with van der Waals surface area (Å²) in [7, 11) is 0. The molecule has 2 aromatic carbocycles. The number of nitrogens with zero attached hydrogens (tertiary/aromatic N) is 2. The Hall–Kier alpha value is -2.23. The van der Waals surface area contributed by atoms with Crippen LogP contribution in [0.2, 0.25) is 5.02 Å². The molecule has 0 fully saturated rings. The summed E-state index contributed by atoms with van der Waals surface area (Å²) < 4.78 is 6.40. The smallest absolute Gasteiger partial charge is 0.269 e. The first-order valence-corrected chi connectivity index (χ1v) is 9.40. The number of thiocarbonyl (C=S) groups is 1. The molecule has 0 aromatic heterocycles. The van der Waals surface area contributed by atoms with Crippen molar-refractivity contribution in [2.75, 3.05) is 6.54 Å². The average Bonchev–Trinajstić information content (AvgIpc) is 2.61. The number of ether oxygens (including phenoxy) is 1. The van der Waals surface area contributed by atoms with Crippen molar-refractivity contribution in [2.45, 2.75) is 13.5 Å². The minimum absolute atomic E-state index is 0.0313.